The molecule has 5 nitrogen and oxygen atoms in total. The molecule has 3 N–H and O–H groups in total. The zero-order valence-corrected chi connectivity index (χ0v) is 22.4. The molecule has 9 heteroatoms. The maximum absolute atomic E-state index is 15.7. The highest BCUT2D eigenvalue weighted by atomic mass is 19.1. The van der Waals surface area contributed by atoms with E-state index in [-0.39, 0.29) is 48.7 Å². The van der Waals surface area contributed by atoms with E-state index in [0.717, 1.165) is 49.5 Å². The lowest BCUT2D eigenvalue weighted by Gasteiger charge is -2.46. The first kappa shape index (κ1) is 30.7. The summed E-state index contributed by atoms with van der Waals surface area (Å²) < 4.78 is 60.1. The van der Waals surface area contributed by atoms with Crippen molar-refractivity contribution in [1.82, 2.24) is 5.32 Å². The van der Waals surface area contributed by atoms with Gasteiger partial charge in [-0.2, -0.15) is 9.59 Å². The zero-order chi connectivity index (χ0) is 28.8. The van der Waals surface area contributed by atoms with E-state index in [1.165, 1.54) is 13.0 Å². The Morgan fingerprint density at radius 2 is 1.82 bits per heavy atom. The van der Waals surface area contributed by atoms with Gasteiger partial charge in [0.05, 0.1) is 13.3 Å². The highest BCUT2D eigenvalue weighted by Gasteiger charge is 2.61. The van der Waals surface area contributed by atoms with Gasteiger partial charge in [0.25, 0.3) is 0 Å². The quantitative estimate of drug-likeness (QED) is 0.345. The van der Waals surface area contributed by atoms with Crippen LogP contribution in [0.5, 0.6) is 0 Å². The molecular weight excluding hydrogens is 512 g/mol. The van der Waals surface area contributed by atoms with Gasteiger partial charge in [-0.15, -0.1) is 0 Å². The Labute approximate surface area is 228 Å². The molecule has 2 aliphatic carbocycles. The number of nitrogens with one attached hydrogen (secondary N) is 1. The topological polar surface area (TPSA) is 81.4 Å². The lowest BCUT2D eigenvalue weighted by atomic mass is 9.74. The van der Waals surface area contributed by atoms with Gasteiger partial charge in [-0.25, -0.2) is 13.2 Å². The Morgan fingerprint density at radius 1 is 1.18 bits per heavy atom. The van der Waals surface area contributed by atoms with Crippen LogP contribution >= 0.6 is 0 Å². The SMILES string of the molecule is C=C(C1CC2(CC2)[C@H](NC)[C@@H]1Cc1cccc(-c2cc(F)ccc2F)c1F)C1(CN)CCO1.CCF.O=C=O.[HH]. The highest BCUT2D eigenvalue weighted by molar-refractivity contribution is 5.66. The summed E-state index contributed by atoms with van der Waals surface area (Å²) in [6.45, 7) is 6.74. The molecule has 1 aliphatic heterocycles. The summed E-state index contributed by atoms with van der Waals surface area (Å²) >= 11 is 0. The molecule has 3 aliphatic rings. The highest BCUT2D eigenvalue weighted by Crippen LogP contribution is 2.64. The molecule has 2 aromatic rings. The molecule has 1 spiro atoms. The standard InChI is InChI=1S/C27H31F3N2O.C2H5F.CO2.H2/c1-16(27(15-31)10-11-33-27)22-14-26(8-9-26)25(32-2)21(22)12-17-4-3-5-19(24(17)30)20-13-18(28)6-7-23(20)29;1-2-3;2-1-3;/h3-7,13,21-22,25,32H,1,8-12,14-15,31H2,2H3;2H2,1H3;;1H/t21-,22?,25-,27?;;;/m1.../s1. The predicted octanol–water partition coefficient (Wildman–Crippen LogP) is 5.63. The number of rotatable bonds is 7. The van der Waals surface area contributed by atoms with Crippen LogP contribution in [-0.2, 0) is 20.7 Å². The Kier molecular flexibility index (Phi) is 10.2. The van der Waals surface area contributed by atoms with Gasteiger partial charge in [0.1, 0.15) is 23.1 Å². The average Bonchev–Trinajstić information content (AvgIpc) is 3.59. The van der Waals surface area contributed by atoms with Crippen LogP contribution in [0.2, 0.25) is 0 Å². The molecule has 39 heavy (non-hydrogen) atoms. The van der Waals surface area contributed by atoms with E-state index in [1.807, 2.05) is 7.05 Å². The van der Waals surface area contributed by atoms with Gasteiger partial charge >= 0.3 is 6.15 Å². The first-order valence-electron chi connectivity index (χ1n) is 13.2. The maximum atomic E-state index is 15.7. The van der Waals surface area contributed by atoms with Crippen molar-refractivity contribution in [2.45, 2.75) is 50.7 Å². The summed E-state index contributed by atoms with van der Waals surface area (Å²) in [5.41, 5.74) is 7.37. The minimum Gasteiger partial charge on any atom is -0.369 e. The van der Waals surface area contributed by atoms with Crippen LogP contribution in [0.1, 0.15) is 39.6 Å². The molecule has 214 valence electrons. The Balaban J connectivity index is 0.000000737. The summed E-state index contributed by atoms with van der Waals surface area (Å²) in [4.78, 5) is 16.2. The molecule has 5 rings (SSSR count). The summed E-state index contributed by atoms with van der Waals surface area (Å²) in [5, 5.41) is 3.51. The fraction of sp³-hybridized carbons (Fsp3) is 0.500. The summed E-state index contributed by atoms with van der Waals surface area (Å²) in [7, 11) is 1.97. The van der Waals surface area contributed by atoms with Gasteiger partial charge in [-0.3, -0.25) is 4.39 Å². The number of ether oxygens (including phenoxy) is 1. The Bertz CT molecular complexity index is 1190. The molecule has 3 fully saturated rings. The Morgan fingerprint density at radius 3 is 2.33 bits per heavy atom. The number of hydrogen-bond acceptors (Lipinski definition) is 5. The van der Waals surface area contributed by atoms with Gasteiger partial charge < -0.3 is 15.8 Å². The number of halogens is 4. The van der Waals surface area contributed by atoms with Gasteiger partial charge in [-0.1, -0.05) is 24.8 Å². The summed E-state index contributed by atoms with van der Waals surface area (Å²) in [6, 6.07) is 8.32. The molecule has 0 radical (unpaired) electrons. The molecule has 0 aromatic heterocycles. The van der Waals surface area contributed by atoms with Crippen molar-refractivity contribution in [2.75, 3.05) is 26.9 Å². The van der Waals surface area contributed by atoms with E-state index in [1.54, 1.807) is 12.1 Å². The number of nitrogens with two attached hydrogens (primary N) is 1. The van der Waals surface area contributed by atoms with Crippen LogP contribution in [0, 0.1) is 34.7 Å². The first-order valence-corrected chi connectivity index (χ1v) is 13.2. The molecule has 0 bridgehead atoms. The average molecular weight is 551 g/mol. The third-order valence-corrected chi connectivity index (χ3v) is 8.43. The van der Waals surface area contributed by atoms with Gasteiger partial charge in [-0.05, 0) is 86.2 Å². The smallest absolute Gasteiger partial charge is 0.369 e. The number of alkyl halides is 1. The number of carbonyl (C=O) groups excluding carboxylic acids is 2. The van der Waals surface area contributed by atoms with Crippen molar-refractivity contribution >= 4 is 6.15 Å². The summed E-state index contributed by atoms with van der Waals surface area (Å²) in [6.07, 6.45) is 4.88. The minimum atomic E-state index is -0.642. The predicted molar refractivity (Wildman–Crippen MR) is 142 cm³/mol. The summed E-state index contributed by atoms with van der Waals surface area (Å²) in [5.74, 6) is -1.47. The van der Waals surface area contributed by atoms with Crippen molar-refractivity contribution in [3.8, 4) is 11.1 Å². The lowest BCUT2D eigenvalue weighted by Crippen LogP contribution is -2.53. The second-order valence-electron chi connectivity index (χ2n) is 10.4. The van der Waals surface area contributed by atoms with E-state index in [0.29, 0.717) is 25.1 Å². The van der Waals surface area contributed by atoms with Gasteiger partial charge in [0.2, 0.25) is 0 Å². The van der Waals surface area contributed by atoms with Crippen LogP contribution in [0.3, 0.4) is 0 Å². The van der Waals surface area contributed by atoms with Crippen LogP contribution in [-0.4, -0.2) is 44.7 Å². The van der Waals surface area contributed by atoms with Crippen LogP contribution in [0.4, 0.5) is 17.6 Å². The Hall–Kier alpha value is -2.84. The number of hydrogen-bond donors (Lipinski definition) is 2. The van der Waals surface area contributed by atoms with Crippen LogP contribution in [0.15, 0.2) is 48.6 Å². The zero-order valence-electron chi connectivity index (χ0n) is 22.4. The van der Waals surface area contributed by atoms with Crippen LogP contribution in [0.25, 0.3) is 11.1 Å². The van der Waals surface area contributed by atoms with Crippen molar-refractivity contribution in [2.24, 2.45) is 23.0 Å². The largest absolute Gasteiger partial charge is 0.373 e. The first-order chi connectivity index (χ1) is 18.7. The molecule has 1 saturated heterocycles. The third-order valence-electron chi connectivity index (χ3n) is 8.43. The second-order valence-corrected chi connectivity index (χ2v) is 10.4. The van der Waals surface area contributed by atoms with E-state index < -0.39 is 23.1 Å². The molecular formula is C30H38F4N2O3. The molecule has 2 unspecified atom stereocenters. The molecule has 4 atom stereocenters. The molecule has 2 aromatic carbocycles. The number of benzene rings is 2. The normalized spacial score (nSPS) is 25.9. The molecule has 0 amide bonds. The third kappa shape index (κ3) is 6.17. The van der Waals surface area contributed by atoms with E-state index in [9.17, 15) is 13.2 Å². The monoisotopic (exact) mass is 550 g/mol. The van der Waals surface area contributed by atoms with E-state index in [4.69, 9.17) is 20.1 Å². The van der Waals surface area contributed by atoms with E-state index in [2.05, 4.69) is 11.9 Å². The van der Waals surface area contributed by atoms with Crippen molar-refractivity contribution in [1.29, 1.82) is 0 Å². The maximum Gasteiger partial charge on any atom is 0.373 e. The molecule has 2 saturated carbocycles. The van der Waals surface area contributed by atoms with Gasteiger partial charge in [0.15, 0.2) is 0 Å². The van der Waals surface area contributed by atoms with Crippen molar-refractivity contribution in [3.05, 3.63) is 71.6 Å². The van der Waals surface area contributed by atoms with Gasteiger partial charge in [0, 0.05) is 31.6 Å². The fourth-order valence-electron chi connectivity index (χ4n) is 6.38. The van der Waals surface area contributed by atoms with E-state index >= 15 is 4.39 Å². The van der Waals surface area contributed by atoms with Crippen molar-refractivity contribution < 1.29 is 33.3 Å². The molecule has 1 heterocycles. The lowest BCUT2D eigenvalue weighted by molar-refractivity contribution is -0.191. The second kappa shape index (κ2) is 13.0. The van der Waals surface area contributed by atoms with Crippen molar-refractivity contribution in [3.63, 3.8) is 0 Å². The fourth-order valence-corrected chi connectivity index (χ4v) is 6.38. The minimum absolute atomic E-state index is 0. The van der Waals surface area contributed by atoms with Crippen LogP contribution < -0.4 is 11.1 Å².